The highest BCUT2D eigenvalue weighted by Crippen LogP contribution is 2.32. The fourth-order valence-corrected chi connectivity index (χ4v) is 5.11. The molecule has 8 heteroatoms. The molecule has 0 aliphatic carbocycles. The van der Waals surface area contributed by atoms with E-state index in [4.69, 9.17) is 4.74 Å². The summed E-state index contributed by atoms with van der Waals surface area (Å²) in [6.07, 6.45) is 4.57. The number of benzene rings is 2. The van der Waals surface area contributed by atoms with E-state index in [-0.39, 0.29) is 11.8 Å². The molecule has 2 aromatic carbocycles. The van der Waals surface area contributed by atoms with E-state index in [0.29, 0.717) is 42.9 Å². The van der Waals surface area contributed by atoms with E-state index in [1.54, 1.807) is 9.58 Å². The Labute approximate surface area is 196 Å². The van der Waals surface area contributed by atoms with Gasteiger partial charge in [0.15, 0.2) is 6.29 Å². The molecule has 3 aromatic rings. The van der Waals surface area contributed by atoms with E-state index in [1.807, 2.05) is 47.4 Å². The first kappa shape index (κ1) is 20.7. The maximum atomic E-state index is 13.7. The van der Waals surface area contributed by atoms with Gasteiger partial charge < -0.3 is 14.5 Å². The molecule has 3 aliphatic heterocycles. The van der Waals surface area contributed by atoms with Crippen LogP contribution in [0.3, 0.4) is 0 Å². The summed E-state index contributed by atoms with van der Waals surface area (Å²) in [5, 5.41) is 4.48. The second-order valence-corrected chi connectivity index (χ2v) is 8.86. The number of anilines is 2. The van der Waals surface area contributed by atoms with Crippen LogP contribution in [0.5, 0.6) is 5.75 Å². The molecular weight excluding hydrogens is 432 g/mol. The Morgan fingerprint density at radius 3 is 2.38 bits per heavy atom. The fraction of sp³-hybridized carbons (Fsp3) is 0.308. The van der Waals surface area contributed by atoms with Crippen molar-refractivity contribution in [1.29, 1.82) is 0 Å². The lowest BCUT2D eigenvalue weighted by atomic mass is 10.0. The van der Waals surface area contributed by atoms with Crippen molar-refractivity contribution in [2.75, 3.05) is 29.5 Å². The second kappa shape index (κ2) is 8.13. The number of carbonyl (C=O) groups excluding carboxylic acids is 3. The van der Waals surface area contributed by atoms with Crippen LogP contribution < -0.4 is 14.5 Å². The number of aldehydes is 1. The number of nitrogens with zero attached hydrogens (tertiary/aromatic N) is 4. The molecule has 34 heavy (non-hydrogen) atoms. The summed E-state index contributed by atoms with van der Waals surface area (Å²) in [7, 11) is 0. The maximum Gasteiger partial charge on any atom is 0.277 e. The Balaban J connectivity index is 1.34. The van der Waals surface area contributed by atoms with Crippen LogP contribution >= 0.6 is 0 Å². The Morgan fingerprint density at radius 1 is 0.853 bits per heavy atom. The van der Waals surface area contributed by atoms with Gasteiger partial charge in [-0.1, -0.05) is 0 Å². The van der Waals surface area contributed by atoms with Gasteiger partial charge in [-0.15, -0.1) is 0 Å². The molecule has 2 amide bonds. The van der Waals surface area contributed by atoms with Gasteiger partial charge in [0.1, 0.15) is 17.1 Å². The van der Waals surface area contributed by atoms with E-state index in [2.05, 4.69) is 5.10 Å². The van der Waals surface area contributed by atoms with E-state index in [0.717, 1.165) is 60.5 Å². The zero-order chi connectivity index (χ0) is 23.2. The van der Waals surface area contributed by atoms with Crippen LogP contribution in [0.1, 0.15) is 51.4 Å². The van der Waals surface area contributed by atoms with Gasteiger partial charge >= 0.3 is 0 Å². The van der Waals surface area contributed by atoms with Crippen LogP contribution in [0.25, 0.3) is 5.69 Å². The number of piperidine rings is 1. The highest BCUT2D eigenvalue weighted by molar-refractivity contribution is 6.08. The minimum Gasteiger partial charge on any atom is -0.493 e. The standard InChI is InChI=1S/C26H24N4O4/c31-16-22-21-10-13-29(19-6-4-18(5-7-19)28-12-2-1-3-24(28)32)26(33)25(21)30(27-22)20-8-9-23-17(15-20)11-14-34-23/h4-9,15-16H,1-3,10-14H2. The van der Waals surface area contributed by atoms with Gasteiger partial charge in [-0.25, -0.2) is 4.68 Å². The largest absolute Gasteiger partial charge is 0.493 e. The first-order valence-electron chi connectivity index (χ1n) is 11.7. The van der Waals surface area contributed by atoms with E-state index >= 15 is 0 Å². The van der Waals surface area contributed by atoms with Gasteiger partial charge in [-0.05, 0) is 67.3 Å². The summed E-state index contributed by atoms with van der Waals surface area (Å²) in [6.45, 7) is 1.82. The molecule has 1 saturated heterocycles. The van der Waals surface area contributed by atoms with Crippen molar-refractivity contribution in [3.05, 3.63) is 65.0 Å². The van der Waals surface area contributed by atoms with Crippen LogP contribution in [-0.4, -0.2) is 47.6 Å². The van der Waals surface area contributed by atoms with Crippen molar-refractivity contribution in [1.82, 2.24) is 9.78 Å². The van der Waals surface area contributed by atoms with Gasteiger partial charge in [-0.2, -0.15) is 5.10 Å². The summed E-state index contributed by atoms with van der Waals surface area (Å²) in [5.41, 5.74) is 4.82. The lowest BCUT2D eigenvalue weighted by Crippen LogP contribution is -2.39. The first-order valence-corrected chi connectivity index (χ1v) is 11.7. The molecule has 0 spiro atoms. The highest BCUT2D eigenvalue weighted by Gasteiger charge is 2.33. The topological polar surface area (TPSA) is 84.7 Å². The van der Waals surface area contributed by atoms with Crippen LogP contribution in [0.4, 0.5) is 11.4 Å². The number of hydrogen-bond acceptors (Lipinski definition) is 5. The average molecular weight is 457 g/mol. The zero-order valence-electron chi connectivity index (χ0n) is 18.7. The van der Waals surface area contributed by atoms with Crippen molar-refractivity contribution in [2.45, 2.75) is 32.1 Å². The van der Waals surface area contributed by atoms with Crippen LogP contribution in [0.15, 0.2) is 42.5 Å². The monoisotopic (exact) mass is 456 g/mol. The third-order valence-corrected chi connectivity index (χ3v) is 6.87. The van der Waals surface area contributed by atoms with E-state index in [1.165, 1.54) is 0 Å². The van der Waals surface area contributed by atoms with Crippen LogP contribution in [-0.2, 0) is 17.6 Å². The Bertz CT molecular complexity index is 1310. The van der Waals surface area contributed by atoms with E-state index in [9.17, 15) is 14.4 Å². The third-order valence-electron chi connectivity index (χ3n) is 6.87. The Hall–Kier alpha value is -3.94. The molecule has 0 radical (unpaired) electrons. The quantitative estimate of drug-likeness (QED) is 0.562. The molecule has 3 aliphatic rings. The minimum absolute atomic E-state index is 0.141. The summed E-state index contributed by atoms with van der Waals surface area (Å²) in [5.74, 6) is 0.795. The lowest BCUT2D eigenvalue weighted by Gasteiger charge is -2.29. The van der Waals surface area contributed by atoms with Crippen molar-refractivity contribution in [3.63, 3.8) is 0 Å². The number of rotatable bonds is 4. The van der Waals surface area contributed by atoms with Crippen molar-refractivity contribution in [3.8, 4) is 11.4 Å². The zero-order valence-corrected chi connectivity index (χ0v) is 18.7. The predicted octanol–water partition coefficient (Wildman–Crippen LogP) is 3.34. The number of ether oxygens (including phenoxy) is 1. The van der Waals surface area contributed by atoms with Crippen molar-refractivity contribution < 1.29 is 19.1 Å². The molecule has 0 unspecified atom stereocenters. The molecule has 0 atom stereocenters. The number of fused-ring (bicyclic) bond motifs is 2. The molecule has 4 heterocycles. The van der Waals surface area contributed by atoms with Crippen LogP contribution in [0, 0.1) is 0 Å². The highest BCUT2D eigenvalue weighted by atomic mass is 16.5. The molecule has 1 aromatic heterocycles. The molecular formula is C26H24N4O4. The predicted molar refractivity (Wildman–Crippen MR) is 126 cm³/mol. The Kier molecular flexibility index (Phi) is 4.94. The summed E-state index contributed by atoms with van der Waals surface area (Å²) in [6, 6.07) is 13.3. The van der Waals surface area contributed by atoms with E-state index < -0.39 is 0 Å². The number of aromatic nitrogens is 2. The molecule has 8 nitrogen and oxygen atoms in total. The van der Waals surface area contributed by atoms with Gasteiger partial charge in [0, 0.05) is 42.9 Å². The number of amides is 2. The smallest absolute Gasteiger partial charge is 0.277 e. The second-order valence-electron chi connectivity index (χ2n) is 8.86. The van der Waals surface area contributed by atoms with Gasteiger partial charge in [0.2, 0.25) is 5.91 Å². The number of carbonyl (C=O) groups is 3. The number of hydrogen-bond donors (Lipinski definition) is 0. The summed E-state index contributed by atoms with van der Waals surface area (Å²) in [4.78, 5) is 41.2. The van der Waals surface area contributed by atoms with Gasteiger partial charge in [0.05, 0.1) is 12.3 Å². The van der Waals surface area contributed by atoms with Gasteiger partial charge in [-0.3, -0.25) is 14.4 Å². The SMILES string of the molecule is O=Cc1nn(-c2ccc3c(c2)CCO3)c2c1CCN(c1ccc(N3CCCCC3=O)cc1)C2=O. The molecule has 1 fully saturated rings. The average Bonchev–Trinajstić information content (AvgIpc) is 3.49. The molecule has 0 saturated carbocycles. The van der Waals surface area contributed by atoms with Crippen molar-refractivity contribution >= 4 is 29.5 Å². The lowest BCUT2D eigenvalue weighted by molar-refractivity contribution is -0.119. The fourth-order valence-electron chi connectivity index (χ4n) is 5.11. The Morgan fingerprint density at radius 2 is 1.62 bits per heavy atom. The first-order chi connectivity index (χ1) is 16.6. The minimum atomic E-state index is -0.194. The van der Waals surface area contributed by atoms with Crippen LogP contribution in [0.2, 0.25) is 0 Å². The summed E-state index contributed by atoms with van der Waals surface area (Å²) < 4.78 is 7.19. The molecule has 0 N–H and O–H groups in total. The molecule has 0 bridgehead atoms. The molecule has 6 rings (SSSR count). The van der Waals surface area contributed by atoms with Gasteiger partial charge in [0.25, 0.3) is 5.91 Å². The van der Waals surface area contributed by atoms with Crippen molar-refractivity contribution in [2.24, 2.45) is 0 Å². The summed E-state index contributed by atoms with van der Waals surface area (Å²) >= 11 is 0. The molecule has 172 valence electrons. The normalized spacial score (nSPS) is 17.4. The maximum absolute atomic E-state index is 13.7. The third kappa shape index (κ3) is 3.29.